The van der Waals surface area contributed by atoms with Gasteiger partial charge in [-0.3, -0.25) is 0 Å². The number of aromatic hydroxyl groups is 1. The van der Waals surface area contributed by atoms with Crippen molar-refractivity contribution < 1.29 is 14.9 Å². The van der Waals surface area contributed by atoms with Gasteiger partial charge in [0.05, 0.1) is 0 Å². The number of benzene rings is 4. The molecule has 0 spiro atoms. The maximum atomic E-state index is 10.9. The molecule has 0 bridgehead atoms. The molecule has 2 N–H and O–H groups in total. The Morgan fingerprint density at radius 1 is 0.860 bits per heavy atom. The second-order valence-corrected chi connectivity index (χ2v) is 14.9. The van der Waals surface area contributed by atoms with Crippen LogP contribution in [0.1, 0.15) is 86.1 Å². The van der Waals surface area contributed by atoms with Gasteiger partial charge < -0.3 is 19.8 Å². The Morgan fingerprint density at radius 3 is 2.16 bits per heavy atom. The summed E-state index contributed by atoms with van der Waals surface area (Å²) in [5.74, 6) is 5.73. The summed E-state index contributed by atoms with van der Waals surface area (Å²) in [6.07, 6.45) is 12.7. The highest BCUT2D eigenvalue weighted by molar-refractivity contribution is 5.98. The topological polar surface area (TPSA) is 52.9 Å². The van der Waals surface area contributed by atoms with Crippen molar-refractivity contribution in [1.82, 2.24) is 4.90 Å². The average molecular weight is 668 g/mol. The molecule has 2 saturated carbocycles. The van der Waals surface area contributed by atoms with Crippen LogP contribution in [0.5, 0.6) is 11.5 Å². The van der Waals surface area contributed by atoms with Gasteiger partial charge in [0.15, 0.2) is 0 Å². The zero-order valence-corrected chi connectivity index (χ0v) is 30.2. The minimum Gasteiger partial charge on any atom is -0.508 e. The Hall–Kier alpha value is -4.30. The van der Waals surface area contributed by atoms with Gasteiger partial charge in [0.2, 0.25) is 0 Å². The lowest BCUT2D eigenvalue weighted by Gasteiger charge is -2.52. The molecular formula is C46H53NO3. The summed E-state index contributed by atoms with van der Waals surface area (Å²) in [7, 11) is 4.11. The number of ether oxygens (including phenoxy) is 1. The maximum Gasteiger partial charge on any atom is 0.130 e. The highest BCUT2D eigenvalue weighted by Gasteiger charge is 2.61. The summed E-state index contributed by atoms with van der Waals surface area (Å²) in [5, 5.41) is 20.6. The molecule has 2 fully saturated rings. The Morgan fingerprint density at radius 2 is 1.52 bits per heavy atom. The summed E-state index contributed by atoms with van der Waals surface area (Å²) >= 11 is 0. The fraction of sp³-hybridized carbons (Fsp3) is 0.391. The lowest BCUT2D eigenvalue weighted by Crippen LogP contribution is -2.50. The molecule has 3 aliphatic carbocycles. The molecule has 260 valence electrons. The van der Waals surface area contributed by atoms with E-state index in [1.54, 1.807) is 0 Å². The van der Waals surface area contributed by atoms with Crippen molar-refractivity contribution >= 4 is 11.1 Å². The van der Waals surface area contributed by atoms with Crippen LogP contribution in [0.3, 0.4) is 0 Å². The third kappa shape index (κ3) is 7.13. The number of rotatable bonds is 8. The highest BCUT2D eigenvalue weighted by Crippen LogP contribution is 2.64. The van der Waals surface area contributed by atoms with Crippen LogP contribution in [0.4, 0.5) is 0 Å². The first-order chi connectivity index (χ1) is 24.2. The number of phenols is 1. The van der Waals surface area contributed by atoms with Crippen LogP contribution in [0.2, 0.25) is 0 Å². The normalized spacial score (nSPS) is 25.6. The number of phenolic OH excluding ortho intramolecular Hbond substituents is 1. The van der Waals surface area contributed by atoms with E-state index < -0.39 is 5.60 Å². The van der Waals surface area contributed by atoms with E-state index in [9.17, 15) is 10.2 Å². The molecule has 5 atom stereocenters. The van der Waals surface area contributed by atoms with Crippen LogP contribution in [0.15, 0.2) is 103 Å². The molecule has 0 radical (unpaired) electrons. The number of aryl methyl sites for hydroxylation is 1. The lowest BCUT2D eigenvalue weighted by atomic mass is 9.53. The van der Waals surface area contributed by atoms with Gasteiger partial charge in [0.1, 0.15) is 23.7 Å². The second kappa shape index (κ2) is 15.3. The fourth-order valence-corrected chi connectivity index (χ4v) is 9.17. The van der Waals surface area contributed by atoms with E-state index >= 15 is 0 Å². The van der Waals surface area contributed by atoms with E-state index in [1.165, 1.54) is 39.0 Å². The van der Waals surface area contributed by atoms with Crippen LogP contribution in [0.25, 0.3) is 11.1 Å². The standard InChI is InChI=1S/C26H29NO.C20H24O2/c1-4-25(21-11-7-5-8-12-21)26(22-13-9-6-10-14-22)23-15-17-24(18-16-23)28-20-19-27(2)3;1-3-20(22)11-9-18-17-6-4-13-12-14(21)5-7-15(13)16(17)8-10-19(18,20)2/h5-18H,4,19-20H2,1-3H3;1,5,7,12,16-18,21-22H,4,6,8-11H2,2H3/b26-25-;/t;16-,17-,18+,19+,20+/m.1/s1. The predicted molar refractivity (Wildman–Crippen MR) is 206 cm³/mol. The van der Waals surface area contributed by atoms with Crippen LogP contribution in [0, 0.1) is 29.6 Å². The second-order valence-electron chi connectivity index (χ2n) is 14.9. The molecule has 4 heteroatoms. The minimum absolute atomic E-state index is 0.128. The van der Waals surface area contributed by atoms with Crippen molar-refractivity contribution in [3.63, 3.8) is 0 Å². The minimum atomic E-state index is -0.919. The van der Waals surface area contributed by atoms with Gasteiger partial charge in [-0.2, -0.15) is 0 Å². The van der Waals surface area contributed by atoms with E-state index in [2.05, 4.69) is 130 Å². The Balaban J connectivity index is 0.000000177. The predicted octanol–water partition coefficient (Wildman–Crippen LogP) is 9.61. The van der Waals surface area contributed by atoms with Gasteiger partial charge in [-0.05, 0) is 140 Å². The number of likely N-dealkylation sites (N-methyl/N-ethyl adjacent to an activating group) is 1. The average Bonchev–Trinajstić information content (AvgIpc) is 3.42. The number of hydrogen-bond donors (Lipinski definition) is 2. The SMILES string of the molecule is C#C[C@]1(O)CC[C@H]2[C@@H]3CCc4cc(O)ccc4[C@H]3CC[C@@]21C.CC/C(=C(\c1ccccc1)c1ccc(OCCN(C)C)cc1)c1ccccc1. The van der Waals surface area contributed by atoms with Crippen molar-refractivity contribution in [3.05, 3.63) is 131 Å². The first-order valence-electron chi connectivity index (χ1n) is 18.4. The Kier molecular flexibility index (Phi) is 10.9. The van der Waals surface area contributed by atoms with E-state index in [1.807, 2.05) is 12.1 Å². The van der Waals surface area contributed by atoms with Crippen molar-refractivity contribution in [2.24, 2.45) is 17.3 Å². The van der Waals surface area contributed by atoms with Crippen LogP contribution in [-0.4, -0.2) is 48.0 Å². The van der Waals surface area contributed by atoms with Gasteiger partial charge in [-0.15, -0.1) is 6.42 Å². The van der Waals surface area contributed by atoms with Crippen molar-refractivity contribution in [3.8, 4) is 23.8 Å². The van der Waals surface area contributed by atoms with E-state index in [0.717, 1.165) is 57.2 Å². The zero-order chi connectivity index (χ0) is 35.3. The quantitative estimate of drug-likeness (QED) is 0.145. The maximum absolute atomic E-state index is 10.9. The Bertz CT molecular complexity index is 1810. The van der Waals surface area contributed by atoms with Gasteiger partial charge in [-0.25, -0.2) is 0 Å². The summed E-state index contributed by atoms with van der Waals surface area (Å²) in [4.78, 5) is 2.12. The van der Waals surface area contributed by atoms with Crippen molar-refractivity contribution in [1.29, 1.82) is 0 Å². The van der Waals surface area contributed by atoms with E-state index in [0.29, 0.717) is 30.1 Å². The molecule has 0 aromatic heterocycles. The number of allylic oxidation sites excluding steroid dienone is 1. The zero-order valence-electron chi connectivity index (χ0n) is 30.2. The fourth-order valence-electron chi connectivity index (χ4n) is 9.17. The van der Waals surface area contributed by atoms with Crippen LogP contribution < -0.4 is 4.74 Å². The molecule has 0 aliphatic heterocycles. The van der Waals surface area contributed by atoms with Gasteiger partial charge in [0, 0.05) is 12.0 Å². The molecule has 4 aromatic rings. The lowest BCUT2D eigenvalue weighted by molar-refractivity contribution is -0.0646. The summed E-state index contributed by atoms with van der Waals surface area (Å²) in [5.41, 5.74) is 8.06. The third-order valence-corrected chi connectivity index (χ3v) is 11.9. The molecule has 0 unspecified atom stereocenters. The van der Waals surface area contributed by atoms with E-state index in [-0.39, 0.29) is 5.41 Å². The number of aliphatic hydroxyl groups is 1. The van der Waals surface area contributed by atoms with Gasteiger partial charge in [-0.1, -0.05) is 98.6 Å². The van der Waals surface area contributed by atoms with Crippen molar-refractivity contribution in [2.75, 3.05) is 27.2 Å². The van der Waals surface area contributed by atoms with Gasteiger partial charge in [0.25, 0.3) is 0 Å². The molecular weight excluding hydrogens is 615 g/mol. The molecule has 0 heterocycles. The van der Waals surface area contributed by atoms with Crippen LogP contribution in [-0.2, 0) is 6.42 Å². The highest BCUT2D eigenvalue weighted by atomic mass is 16.5. The molecule has 50 heavy (non-hydrogen) atoms. The van der Waals surface area contributed by atoms with Gasteiger partial charge >= 0.3 is 0 Å². The summed E-state index contributed by atoms with van der Waals surface area (Å²) < 4.78 is 5.87. The smallest absolute Gasteiger partial charge is 0.130 e. The molecule has 3 aliphatic rings. The molecule has 0 amide bonds. The summed E-state index contributed by atoms with van der Waals surface area (Å²) in [6, 6.07) is 35.7. The largest absolute Gasteiger partial charge is 0.508 e. The number of nitrogens with zero attached hydrogens (tertiary/aromatic N) is 1. The number of terminal acetylenes is 1. The first kappa shape index (κ1) is 35.5. The molecule has 4 aromatic carbocycles. The third-order valence-electron chi connectivity index (χ3n) is 11.9. The summed E-state index contributed by atoms with van der Waals surface area (Å²) in [6.45, 7) is 6.04. The number of fused-ring (bicyclic) bond motifs is 5. The van der Waals surface area contributed by atoms with E-state index in [4.69, 9.17) is 11.2 Å². The molecule has 7 rings (SSSR count). The molecule has 0 saturated heterocycles. The van der Waals surface area contributed by atoms with Crippen LogP contribution >= 0.6 is 0 Å². The monoisotopic (exact) mass is 667 g/mol. The number of hydrogen-bond acceptors (Lipinski definition) is 4. The Labute approximate surface area is 299 Å². The first-order valence-corrected chi connectivity index (χ1v) is 18.4. The molecule has 4 nitrogen and oxygen atoms in total. The van der Waals surface area contributed by atoms with Crippen molar-refractivity contribution in [2.45, 2.75) is 70.3 Å².